The van der Waals surface area contributed by atoms with E-state index in [1.807, 2.05) is 24.3 Å². The van der Waals surface area contributed by atoms with Gasteiger partial charge in [0, 0.05) is 23.4 Å². The average Bonchev–Trinajstić information content (AvgIpc) is 3.06. The maximum atomic E-state index is 12.3. The quantitative estimate of drug-likeness (QED) is 0.917. The van der Waals surface area contributed by atoms with Gasteiger partial charge in [0.05, 0.1) is 13.7 Å². The van der Waals surface area contributed by atoms with Crippen molar-refractivity contribution < 1.29 is 19.1 Å². The Hall–Kier alpha value is -3.02. The molecule has 6 heteroatoms. The number of methoxy groups -OCH3 is 1. The predicted octanol–water partition coefficient (Wildman–Crippen LogP) is 2.58. The molecular formula is C18H18N2O4. The molecule has 1 saturated heterocycles. The predicted molar refractivity (Wildman–Crippen MR) is 89.3 cm³/mol. The molecule has 0 unspecified atom stereocenters. The van der Waals surface area contributed by atoms with Crippen molar-refractivity contribution in [2.45, 2.75) is 6.54 Å². The Balaban J connectivity index is 1.64. The van der Waals surface area contributed by atoms with Crippen LogP contribution in [-0.2, 0) is 11.3 Å². The topological polar surface area (TPSA) is 67.9 Å². The Labute approximate surface area is 140 Å². The maximum absolute atomic E-state index is 12.3. The van der Waals surface area contributed by atoms with Crippen molar-refractivity contribution in [2.75, 3.05) is 25.2 Å². The number of carbonyl (C=O) groups excluding carboxylic acids is 2. The molecule has 0 radical (unpaired) electrons. The van der Waals surface area contributed by atoms with Crippen LogP contribution in [0.2, 0.25) is 0 Å². The third-order valence-electron chi connectivity index (χ3n) is 3.83. The van der Waals surface area contributed by atoms with Crippen LogP contribution in [0.15, 0.2) is 48.5 Å². The molecule has 2 aromatic carbocycles. The molecule has 0 aliphatic carbocycles. The highest BCUT2D eigenvalue weighted by atomic mass is 16.6. The molecule has 1 heterocycles. The van der Waals surface area contributed by atoms with E-state index in [4.69, 9.17) is 9.47 Å². The zero-order valence-corrected chi connectivity index (χ0v) is 13.3. The zero-order chi connectivity index (χ0) is 16.9. The minimum Gasteiger partial charge on any atom is -0.496 e. The van der Waals surface area contributed by atoms with Gasteiger partial charge in [-0.05, 0) is 30.3 Å². The van der Waals surface area contributed by atoms with Gasteiger partial charge in [-0.3, -0.25) is 9.69 Å². The Kier molecular flexibility index (Phi) is 4.65. The number of ether oxygens (including phenoxy) is 2. The molecule has 0 bridgehead atoms. The van der Waals surface area contributed by atoms with Crippen LogP contribution in [0.5, 0.6) is 5.75 Å². The van der Waals surface area contributed by atoms with Crippen LogP contribution in [0.3, 0.4) is 0 Å². The van der Waals surface area contributed by atoms with Gasteiger partial charge in [0.1, 0.15) is 12.4 Å². The van der Waals surface area contributed by atoms with Gasteiger partial charge in [-0.1, -0.05) is 18.2 Å². The highest BCUT2D eigenvalue weighted by Crippen LogP contribution is 2.20. The molecule has 2 amide bonds. The van der Waals surface area contributed by atoms with Crippen molar-refractivity contribution in [3.8, 4) is 5.75 Å². The summed E-state index contributed by atoms with van der Waals surface area (Å²) >= 11 is 0. The van der Waals surface area contributed by atoms with E-state index in [9.17, 15) is 9.59 Å². The summed E-state index contributed by atoms with van der Waals surface area (Å²) in [5.74, 6) is 0.553. The fraction of sp³-hybridized carbons (Fsp3) is 0.222. The summed E-state index contributed by atoms with van der Waals surface area (Å²) in [6, 6.07) is 14.4. The van der Waals surface area contributed by atoms with Crippen molar-refractivity contribution in [2.24, 2.45) is 0 Å². The molecule has 1 N–H and O–H groups in total. The number of nitrogens with one attached hydrogen (secondary N) is 1. The third kappa shape index (κ3) is 3.32. The van der Waals surface area contributed by atoms with Gasteiger partial charge in [0.15, 0.2) is 0 Å². The number of anilines is 1. The van der Waals surface area contributed by atoms with E-state index in [0.29, 0.717) is 25.3 Å². The van der Waals surface area contributed by atoms with E-state index < -0.39 is 0 Å². The van der Waals surface area contributed by atoms with Gasteiger partial charge >= 0.3 is 6.09 Å². The summed E-state index contributed by atoms with van der Waals surface area (Å²) < 4.78 is 10.2. The van der Waals surface area contributed by atoms with Crippen molar-refractivity contribution in [1.29, 1.82) is 0 Å². The van der Waals surface area contributed by atoms with E-state index in [0.717, 1.165) is 17.0 Å². The SMILES string of the molecule is COc1ccccc1CNC(=O)c1ccc(N2CCOC2=O)cc1. The van der Waals surface area contributed by atoms with Crippen molar-refractivity contribution in [1.82, 2.24) is 5.32 Å². The van der Waals surface area contributed by atoms with Gasteiger partial charge in [-0.2, -0.15) is 0 Å². The monoisotopic (exact) mass is 326 g/mol. The smallest absolute Gasteiger partial charge is 0.414 e. The number of benzene rings is 2. The molecule has 1 aliphatic heterocycles. The van der Waals surface area contributed by atoms with E-state index in [1.54, 1.807) is 31.4 Å². The normalized spacial score (nSPS) is 13.5. The van der Waals surface area contributed by atoms with Crippen LogP contribution in [0, 0.1) is 0 Å². The average molecular weight is 326 g/mol. The van der Waals surface area contributed by atoms with Crippen LogP contribution in [-0.4, -0.2) is 32.3 Å². The molecule has 2 aromatic rings. The number of hydrogen-bond acceptors (Lipinski definition) is 4. The summed E-state index contributed by atoms with van der Waals surface area (Å²) in [5.41, 5.74) is 2.16. The molecule has 0 spiro atoms. The molecule has 0 aromatic heterocycles. The molecular weight excluding hydrogens is 308 g/mol. The number of hydrogen-bond donors (Lipinski definition) is 1. The fourth-order valence-electron chi connectivity index (χ4n) is 2.55. The summed E-state index contributed by atoms with van der Waals surface area (Å²) in [4.78, 5) is 25.3. The largest absolute Gasteiger partial charge is 0.496 e. The number of cyclic esters (lactones) is 1. The van der Waals surface area contributed by atoms with E-state index in [1.165, 1.54) is 4.90 Å². The number of amides is 2. The van der Waals surface area contributed by atoms with Gasteiger partial charge < -0.3 is 14.8 Å². The summed E-state index contributed by atoms with van der Waals surface area (Å²) in [6.07, 6.45) is -0.358. The second-order valence-electron chi connectivity index (χ2n) is 5.31. The molecule has 0 saturated carbocycles. The van der Waals surface area contributed by atoms with Crippen molar-refractivity contribution in [3.63, 3.8) is 0 Å². The van der Waals surface area contributed by atoms with Crippen LogP contribution >= 0.6 is 0 Å². The van der Waals surface area contributed by atoms with Crippen molar-refractivity contribution in [3.05, 3.63) is 59.7 Å². The molecule has 1 fully saturated rings. The second-order valence-corrected chi connectivity index (χ2v) is 5.31. The lowest BCUT2D eigenvalue weighted by molar-refractivity contribution is 0.0950. The van der Waals surface area contributed by atoms with Crippen LogP contribution < -0.4 is 15.0 Å². The second kappa shape index (κ2) is 7.04. The summed E-state index contributed by atoms with van der Waals surface area (Å²) in [7, 11) is 1.60. The van der Waals surface area contributed by atoms with Gasteiger partial charge in [-0.15, -0.1) is 0 Å². The number of nitrogens with zero attached hydrogens (tertiary/aromatic N) is 1. The molecule has 24 heavy (non-hydrogen) atoms. The van der Waals surface area contributed by atoms with E-state index in [2.05, 4.69) is 5.32 Å². The summed E-state index contributed by atoms with van der Waals surface area (Å²) in [5, 5.41) is 2.86. The minimum atomic E-state index is -0.358. The Morgan fingerprint density at radius 2 is 1.96 bits per heavy atom. The lowest BCUT2D eigenvalue weighted by Gasteiger charge is -2.13. The number of para-hydroxylation sites is 1. The highest BCUT2D eigenvalue weighted by molar-refractivity contribution is 5.95. The van der Waals surface area contributed by atoms with Crippen molar-refractivity contribution >= 4 is 17.7 Å². The first-order valence-corrected chi connectivity index (χ1v) is 7.63. The Bertz CT molecular complexity index is 743. The molecule has 3 rings (SSSR count). The summed E-state index contributed by atoms with van der Waals surface area (Å²) in [6.45, 7) is 1.29. The Morgan fingerprint density at radius 1 is 1.21 bits per heavy atom. The first kappa shape index (κ1) is 15.9. The van der Waals surface area contributed by atoms with Gasteiger partial charge in [0.25, 0.3) is 5.91 Å². The molecule has 1 aliphatic rings. The lowest BCUT2D eigenvalue weighted by Crippen LogP contribution is -2.24. The first-order chi connectivity index (χ1) is 11.7. The fourth-order valence-corrected chi connectivity index (χ4v) is 2.55. The van der Waals surface area contributed by atoms with E-state index >= 15 is 0 Å². The number of carbonyl (C=O) groups is 2. The minimum absolute atomic E-state index is 0.184. The van der Waals surface area contributed by atoms with Gasteiger partial charge in [-0.25, -0.2) is 4.79 Å². The molecule has 0 atom stereocenters. The van der Waals surface area contributed by atoms with Crippen LogP contribution in [0.1, 0.15) is 15.9 Å². The van der Waals surface area contributed by atoms with E-state index in [-0.39, 0.29) is 12.0 Å². The standard InChI is InChI=1S/C18H18N2O4/c1-23-16-5-3-2-4-14(16)12-19-17(21)13-6-8-15(9-7-13)20-10-11-24-18(20)22/h2-9H,10-12H2,1H3,(H,19,21). The molecule has 6 nitrogen and oxygen atoms in total. The zero-order valence-electron chi connectivity index (χ0n) is 13.3. The highest BCUT2D eigenvalue weighted by Gasteiger charge is 2.23. The first-order valence-electron chi connectivity index (χ1n) is 7.63. The molecule has 124 valence electrons. The third-order valence-corrected chi connectivity index (χ3v) is 3.83. The van der Waals surface area contributed by atoms with Crippen LogP contribution in [0.25, 0.3) is 0 Å². The van der Waals surface area contributed by atoms with Gasteiger partial charge in [0.2, 0.25) is 0 Å². The Morgan fingerprint density at radius 3 is 2.62 bits per heavy atom. The maximum Gasteiger partial charge on any atom is 0.414 e. The lowest BCUT2D eigenvalue weighted by atomic mass is 10.1. The van der Waals surface area contributed by atoms with Crippen LogP contribution in [0.4, 0.5) is 10.5 Å². The number of rotatable bonds is 5.